The number of Topliss-reactive ketones (excluding diaryl/α,β-unsaturated/α-hetero) is 1. The molecule has 1 aromatic rings. The second-order valence-corrected chi connectivity index (χ2v) is 5.35. The average molecular weight is 386 g/mol. The van der Waals surface area contributed by atoms with Crippen LogP contribution >= 0.6 is 15.9 Å². The van der Waals surface area contributed by atoms with Crippen molar-refractivity contribution in [2.24, 2.45) is 10.2 Å². The Kier molecular flexibility index (Phi) is 5.34. The number of hydrogen-bond acceptors (Lipinski definition) is 6. The number of carbonyl (C=O) groups is 2. The summed E-state index contributed by atoms with van der Waals surface area (Å²) < 4.78 is 19.5. The molecule has 1 atom stereocenters. The second kappa shape index (κ2) is 7.07. The van der Waals surface area contributed by atoms with Gasteiger partial charge in [0.25, 0.3) is 0 Å². The molecule has 0 aliphatic carbocycles. The van der Waals surface area contributed by atoms with Crippen molar-refractivity contribution >= 4 is 39.0 Å². The SMILES string of the molecule is COC1C(=O)C(C(=O)N(C)OC)=NN=C1c1cccc(Br)c1F. The van der Waals surface area contributed by atoms with E-state index in [0.717, 1.165) is 5.06 Å². The third-order valence-corrected chi connectivity index (χ3v) is 3.82. The van der Waals surface area contributed by atoms with E-state index in [9.17, 15) is 14.0 Å². The van der Waals surface area contributed by atoms with Crippen molar-refractivity contribution in [1.29, 1.82) is 0 Å². The van der Waals surface area contributed by atoms with Gasteiger partial charge in [0.15, 0.2) is 11.8 Å². The van der Waals surface area contributed by atoms with E-state index in [1.165, 1.54) is 33.4 Å². The number of ether oxygens (including phenoxy) is 1. The first-order valence-corrected chi connectivity index (χ1v) is 7.20. The molecule has 0 saturated carbocycles. The summed E-state index contributed by atoms with van der Waals surface area (Å²) in [4.78, 5) is 29.2. The van der Waals surface area contributed by atoms with E-state index < -0.39 is 29.3 Å². The van der Waals surface area contributed by atoms with Crippen LogP contribution in [0.2, 0.25) is 0 Å². The minimum absolute atomic E-state index is 0.00656. The van der Waals surface area contributed by atoms with E-state index in [1.54, 1.807) is 6.07 Å². The van der Waals surface area contributed by atoms with Crippen molar-refractivity contribution in [3.8, 4) is 0 Å². The third kappa shape index (κ3) is 3.21. The summed E-state index contributed by atoms with van der Waals surface area (Å²) in [6.45, 7) is 0. The van der Waals surface area contributed by atoms with Gasteiger partial charge in [-0.3, -0.25) is 14.4 Å². The summed E-state index contributed by atoms with van der Waals surface area (Å²) >= 11 is 3.06. The second-order valence-electron chi connectivity index (χ2n) is 4.50. The van der Waals surface area contributed by atoms with E-state index in [2.05, 4.69) is 26.1 Å². The fourth-order valence-electron chi connectivity index (χ4n) is 1.95. The van der Waals surface area contributed by atoms with Crippen LogP contribution in [-0.2, 0) is 19.2 Å². The van der Waals surface area contributed by atoms with Crippen LogP contribution in [0.3, 0.4) is 0 Å². The smallest absolute Gasteiger partial charge is 0.301 e. The molecule has 122 valence electrons. The van der Waals surface area contributed by atoms with Crippen molar-refractivity contribution < 1.29 is 23.6 Å². The van der Waals surface area contributed by atoms with Gasteiger partial charge < -0.3 is 4.74 Å². The molecule has 0 spiro atoms. The highest BCUT2D eigenvalue weighted by atomic mass is 79.9. The maximum Gasteiger partial charge on any atom is 0.301 e. The fourth-order valence-corrected chi connectivity index (χ4v) is 2.32. The molecular formula is C14H13BrFN3O4. The van der Waals surface area contributed by atoms with Gasteiger partial charge in [-0.2, -0.15) is 5.10 Å². The predicted molar refractivity (Wildman–Crippen MR) is 83.7 cm³/mol. The minimum Gasteiger partial charge on any atom is -0.367 e. The highest BCUT2D eigenvalue weighted by Crippen LogP contribution is 2.22. The largest absolute Gasteiger partial charge is 0.367 e. The van der Waals surface area contributed by atoms with Gasteiger partial charge in [0.1, 0.15) is 11.5 Å². The topological polar surface area (TPSA) is 80.6 Å². The summed E-state index contributed by atoms with van der Waals surface area (Å²) in [6, 6.07) is 4.55. The number of hydroxylamine groups is 2. The van der Waals surface area contributed by atoms with Gasteiger partial charge in [0.2, 0.25) is 5.78 Å². The van der Waals surface area contributed by atoms with Crippen LogP contribution in [0.15, 0.2) is 32.9 Å². The first-order valence-electron chi connectivity index (χ1n) is 6.41. The van der Waals surface area contributed by atoms with Gasteiger partial charge in [-0.1, -0.05) is 6.07 Å². The van der Waals surface area contributed by atoms with E-state index in [0.29, 0.717) is 0 Å². The maximum absolute atomic E-state index is 14.2. The van der Waals surface area contributed by atoms with Gasteiger partial charge in [0.05, 0.1) is 11.6 Å². The normalized spacial score (nSPS) is 17.6. The standard InChI is InChI=1S/C14H13BrFN3O4/c1-19(23-3)14(21)11-12(20)13(22-2)10(17-18-11)7-5-4-6-8(15)9(7)16/h4-6,13H,1-3H3. The molecule has 0 radical (unpaired) electrons. The molecule has 23 heavy (non-hydrogen) atoms. The Morgan fingerprint density at radius 3 is 2.65 bits per heavy atom. The van der Waals surface area contributed by atoms with Crippen LogP contribution in [-0.4, -0.2) is 55.5 Å². The Labute approximate surface area is 139 Å². The molecule has 0 fully saturated rings. The summed E-state index contributed by atoms with van der Waals surface area (Å²) in [7, 11) is 3.86. The number of carbonyl (C=O) groups excluding carboxylic acids is 2. The quantitative estimate of drug-likeness (QED) is 0.732. The molecule has 1 aromatic carbocycles. The number of halogens is 2. The predicted octanol–water partition coefficient (Wildman–Crippen LogP) is 1.35. The monoisotopic (exact) mass is 385 g/mol. The lowest BCUT2D eigenvalue weighted by Gasteiger charge is -2.22. The fraction of sp³-hybridized carbons (Fsp3) is 0.286. The lowest BCUT2D eigenvalue weighted by atomic mass is 9.98. The molecule has 1 aliphatic heterocycles. The van der Waals surface area contributed by atoms with Crippen LogP contribution in [0.5, 0.6) is 0 Å². The van der Waals surface area contributed by atoms with Crippen LogP contribution in [0.4, 0.5) is 4.39 Å². The van der Waals surface area contributed by atoms with Crippen molar-refractivity contribution in [1.82, 2.24) is 5.06 Å². The number of ketones is 1. The number of methoxy groups -OCH3 is 1. The molecule has 1 aliphatic rings. The van der Waals surface area contributed by atoms with Crippen molar-refractivity contribution in [3.63, 3.8) is 0 Å². The van der Waals surface area contributed by atoms with Gasteiger partial charge in [-0.15, -0.1) is 5.10 Å². The maximum atomic E-state index is 14.2. The number of amides is 1. The molecule has 0 bridgehead atoms. The lowest BCUT2D eigenvalue weighted by molar-refractivity contribution is -0.160. The first kappa shape index (κ1) is 17.4. The molecule has 7 nitrogen and oxygen atoms in total. The highest BCUT2D eigenvalue weighted by Gasteiger charge is 2.38. The number of rotatable bonds is 4. The Balaban J connectivity index is 2.51. The van der Waals surface area contributed by atoms with Crippen LogP contribution < -0.4 is 0 Å². The molecule has 0 aromatic heterocycles. The van der Waals surface area contributed by atoms with Gasteiger partial charge in [-0.25, -0.2) is 9.45 Å². The van der Waals surface area contributed by atoms with Crippen molar-refractivity contribution in [2.45, 2.75) is 6.10 Å². The summed E-state index contributed by atoms with van der Waals surface area (Å²) in [5.41, 5.74) is -0.386. The Morgan fingerprint density at radius 2 is 2.04 bits per heavy atom. The van der Waals surface area contributed by atoms with Gasteiger partial charge >= 0.3 is 5.91 Å². The molecule has 9 heteroatoms. The summed E-state index contributed by atoms with van der Waals surface area (Å²) in [5, 5.41) is 8.28. The zero-order valence-corrected chi connectivity index (χ0v) is 14.1. The van der Waals surface area contributed by atoms with E-state index in [4.69, 9.17) is 9.57 Å². The zero-order chi connectivity index (χ0) is 17.1. The molecule has 0 N–H and O–H groups in total. The van der Waals surface area contributed by atoms with Crippen molar-refractivity contribution in [2.75, 3.05) is 21.3 Å². The molecular weight excluding hydrogens is 373 g/mol. The average Bonchev–Trinajstić information content (AvgIpc) is 2.55. The number of benzene rings is 1. The van der Waals surface area contributed by atoms with Crippen LogP contribution in [0, 0.1) is 5.82 Å². The van der Waals surface area contributed by atoms with E-state index in [-0.39, 0.29) is 15.7 Å². The molecule has 2 rings (SSSR count). The Morgan fingerprint density at radius 1 is 1.35 bits per heavy atom. The summed E-state index contributed by atoms with van der Waals surface area (Å²) in [5.74, 6) is -2.08. The number of hydrogen-bond donors (Lipinski definition) is 0. The van der Waals surface area contributed by atoms with Gasteiger partial charge in [0, 0.05) is 19.7 Å². The molecule has 1 amide bonds. The zero-order valence-electron chi connectivity index (χ0n) is 12.5. The van der Waals surface area contributed by atoms with Crippen LogP contribution in [0.25, 0.3) is 0 Å². The number of nitrogens with zero attached hydrogens (tertiary/aromatic N) is 3. The van der Waals surface area contributed by atoms with E-state index in [1.807, 2.05) is 0 Å². The lowest BCUT2D eigenvalue weighted by Crippen LogP contribution is -2.46. The van der Waals surface area contributed by atoms with Gasteiger partial charge in [-0.05, 0) is 28.1 Å². The minimum atomic E-state index is -1.24. The van der Waals surface area contributed by atoms with Crippen molar-refractivity contribution in [3.05, 3.63) is 34.1 Å². The first-order chi connectivity index (χ1) is 10.9. The Bertz CT molecular complexity index is 720. The summed E-state index contributed by atoms with van der Waals surface area (Å²) in [6.07, 6.45) is -1.24. The van der Waals surface area contributed by atoms with Crippen LogP contribution in [0.1, 0.15) is 5.56 Å². The molecule has 0 saturated heterocycles. The third-order valence-electron chi connectivity index (χ3n) is 3.20. The molecule has 1 unspecified atom stereocenters. The highest BCUT2D eigenvalue weighted by molar-refractivity contribution is 9.10. The van der Waals surface area contributed by atoms with E-state index >= 15 is 0 Å². The Hall–Kier alpha value is -1.97. The molecule has 1 heterocycles.